The lowest BCUT2D eigenvalue weighted by Gasteiger charge is -2.30. The molecule has 0 aliphatic carbocycles. The van der Waals surface area contributed by atoms with Crippen LogP contribution in [0.1, 0.15) is 25.0 Å². The number of nitrogens with one attached hydrogen (secondary N) is 2. The number of likely N-dealkylation sites (tertiary alicyclic amines) is 1. The first-order valence-corrected chi connectivity index (χ1v) is 8.06. The number of aliphatic hydroxyl groups excluding tert-OH is 1. The van der Waals surface area contributed by atoms with E-state index in [0.29, 0.717) is 6.42 Å². The van der Waals surface area contributed by atoms with Crippen molar-refractivity contribution >= 4 is 10.9 Å². The van der Waals surface area contributed by atoms with Crippen LogP contribution in [0.15, 0.2) is 24.5 Å². The Morgan fingerprint density at radius 1 is 1.17 bits per heavy atom. The maximum Gasteiger partial charge on any atom is 0.155 e. The summed E-state index contributed by atoms with van der Waals surface area (Å²) in [6.07, 6.45) is 5.17. The molecular weight excluding hydrogens is 292 g/mol. The van der Waals surface area contributed by atoms with E-state index in [0.717, 1.165) is 53.9 Å². The summed E-state index contributed by atoms with van der Waals surface area (Å²) in [7, 11) is 0. The molecule has 0 bridgehead atoms. The highest BCUT2D eigenvalue weighted by Crippen LogP contribution is 2.24. The van der Waals surface area contributed by atoms with Crippen LogP contribution >= 0.6 is 0 Å². The third kappa shape index (κ3) is 2.85. The van der Waals surface area contributed by atoms with E-state index in [1.54, 1.807) is 0 Å². The number of fused-ring (bicyclic) bond motifs is 1. The molecular formula is C16H20N6O. The molecule has 1 aliphatic heterocycles. The Labute approximate surface area is 133 Å². The minimum atomic E-state index is -0.465. The van der Waals surface area contributed by atoms with Gasteiger partial charge in [0.2, 0.25) is 0 Å². The van der Waals surface area contributed by atoms with Crippen LogP contribution in [-0.2, 0) is 6.42 Å². The van der Waals surface area contributed by atoms with Gasteiger partial charge in [-0.3, -0.25) is 15.1 Å². The molecule has 23 heavy (non-hydrogen) atoms. The lowest BCUT2D eigenvalue weighted by Crippen LogP contribution is -2.40. The standard InChI is InChI=1S/C16H20N6O/c23-15(22-6-2-1-3-7-22)9-14-12-8-11(16-17-10-18-21-16)4-5-13(12)19-20-14/h4-5,8,10,15,23H,1-3,6-7,9H2,(H,19,20)(H,17,18,21). The topological polar surface area (TPSA) is 93.7 Å². The Kier molecular flexibility index (Phi) is 3.80. The van der Waals surface area contributed by atoms with Crippen molar-refractivity contribution < 1.29 is 5.11 Å². The van der Waals surface area contributed by atoms with Gasteiger partial charge in [-0.1, -0.05) is 6.42 Å². The molecule has 0 spiro atoms. The van der Waals surface area contributed by atoms with E-state index in [4.69, 9.17) is 0 Å². The summed E-state index contributed by atoms with van der Waals surface area (Å²) in [4.78, 5) is 6.34. The zero-order valence-corrected chi connectivity index (χ0v) is 12.9. The molecule has 0 amide bonds. The van der Waals surface area contributed by atoms with E-state index in [9.17, 15) is 5.11 Å². The summed E-state index contributed by atoms with van der Waals surface area (Å²) in [5.74, 6) is 0.732. The van der Waals surface area contributed by atoms with Crippen molar-refractivity contribution in [1.82, 2.24) is 30.3 Å². The van der Waals surface area contributed by atoms with Gasteiger partial charge in [0.25, 0.3) is 0 Å². The summed E-state index contributed by atoms with van der Waals surface area (Å²) < 4.78 is 0. The van der Waals surface area contributed by atoms with Crippen LogP contribution in [0.2, 0.25) is 0 Å². The van der Waals surface area contributed by atoms with Gasteiger partial charge in [0.15, 0.2) is 5.82 Å². The average Bonchev–Trinajstić information content (AvgIpc) is 3.25. The predicted octanol–water partition coefficient (Wildman–Crippen LogP) is 1.69. The number of piperidine rings is 1. The summed E-state index contributed by atoms with van der Waals surface area (Å²) in [5.41, 5.74) is 2.82. The Balaban J connectivity index is 1.60. The minimum absolute atomic E-state index is 0.465. The van der Waals surface area contributed by atoms with E-state index in [1.807, 2.05) is 18.2 Å². The fourth-order valence-electron chi connectivity index (χ4n) is 3.24. The van der Waals surface area contributed by atoms with Crippen LogP contribution in [-0.4, -0.2) is 54.7 Å². The maximum absolute atomic E-state index is 10.5. The number of rotatable bonds is 4. The van der Waals surface area contributed by atoms with Crippen molar-refractivity contribution in [2.75, 3.05) is 13.1 Å². The molecule has 1 saturated heterocycles. The van der Waals surface area contributed by atoms with E-state index < -0.39 is 6.23 Å². The second-order valence-electron chi connectivity index (χ2n) is 6.05. The minimum Gasteiger partial charge on any atom is -0.378 e. The van der Waals surface area contributed by atoms with Crippen molar-refractivity contribution in [3.05, 3.63) is 30.2 Å². The second kappa shape index (κ2) is 6.10. The maximum atomic E-state index is 10.5. The van der Waals surface area contributed by atoms with Gasteiger partial charge in [-0.15, -0.1) is 0 Å². The highest BCUT2D eigenvalue weighted by Gasteiger charge is 2.20. The highest BCUT2D eigenvalue weighted by atomic mass is 16.3. The number of benzene rings is 1. The lowest BCUT2D eigenvalue weighted by atomic mass is 10.1. The number of aliphatic hydroxyl groups is 1. The van der Waals surface area contributed by atoms with Gasteiger partial charge in [0.1, 0.15) is 12.6 Å². The third-order valence-corrected chi connectivity index (χ3v) is 4.52. The largest absolute Gasteiger partial charge is 0.378 e. The van der Waals surface area contributed by atoms with E-state index in [-0.39, 0.29) is 0 Å². The van der Waals surface area contributed by atoms with Crippen molar-refractivity contribution in [2.45, 2.75) is 31.9 Å². The van der Waals surface area contributed by atoms with Gasteiger partial charge in [0, 0.05) is 36.2 Å². The van der Waals surface area contributed by atoms with Gasteiger partial charge >= 0.3 is 0 Å². The Bertz CT molecular complexity index is 775. The van der Waals surface area contributed by atoms with Crippen LogP contribution in [0.3, 0.4) is 0 Å². The summed E-state index contributed by atoms with van der Waals surface area (Å²) in [6.45, 7) is 1.94. The van der Waals surface area contributed by atoms with Crippen molar-refractivity contribution in [3.63, 3.8) is 0 Å². The first kappa shape index (κ1) is 14.3. The summed E-state index contributed by atoms with van der Waals surface area (Å²) in [5, 5.41) is 25.7. The smallest absolute Gasteiger partial charge is 0.155 e. The third-order valence-electron chi connectivity index (χ3n) is 4.52. The van der Waals surface area contributed by atoms with Gasteiger partial charge < -0.3 is 5.11 Å². The molecule has 3 aromatic rings. The van der Waals surface area contributed by atoms with Crippen LogP contribution < -0.4 is 0 Å². The molecule has 0 radical (unpaired) electrons. The number of H-pyrrole nitrogens is 2. The normalized spacial score (nSPS) is 17.6. The molecule has 3 N–H and O–H groups in total. The zero-order valence-electron chi connectivity index (χ0n) is 12.9. The fourth-order valence-corrected chi connectivity index (χ4v) is 3.24. The van der Waals surface area contributed by atoms with Gasteiger partial charge in [-0.2, -0.15) is 10.2 Å². The summed E-state index contributed by atoms with van der Waals surface area (Å²) >= 11 is 0. The lowest BCUT2D eigenvalue weighted by molar-refractivity contribution is -0.00739. The number of hydrogen-bond acceptors (Lipinski definition) is 5. The molecule has 7 nitrogen and oxygen atoms in total. The monoisotopic (exact) mass is 312 g/mol. The molecule has 1 fully saturated rings. The van der Waals surface area contributed by atoms with Crippen LogP contribution in [0.5, 0.6) is 0 Å². The molecule has 2 aromatic heterocycles. The van der Waals surface area contributed by atoms with Crippen LogP contribution in [0, 0.1) is 0 Å². The number of nitrogens with zero attached hydrogens (tertiary/aromatic N) is 4. The Hall–Kier alpha value is -2.25. The highest BCUT2D eigenvalue weighted by molar-refractivity contribution is 5.85. The molecule has 1 aliphatic rings. The Morgan fingerprint density at radius 2 is 2.04 bits per heavy atom. The van der Waals surface area contributed by atoms with Crippen molar-refractivity contribution in [1.29, 1.82) is 0 Å². The molecule has 3 heterocycles. The van der Waals surface area contributed by atoms with Gasteiger partial charge in [0.05, 0.1) is 5.52 Å². The quantitative estimate of drug-likeness (QED) is 0.681. The number of aromatic amines is 2. The van der Waals surface area contributed by atoms with E-state index in [2.05, 4.69) is 30.3 Å². The molecule has 0 saturated carbocycles. The van der Waals surface area contributed by atoms with Crippen LogP contribution in [0.4, 0.5) is 0 Å². The zero-order chi connectivity index (χ0) is 15.6. The SMILES string of the molecule is OC(Cc1[nH]nc2ccc(-c3ncn[nH]3)cc12)N1CCCCC1. The van der Waals surface area contributed by atoms with Gasteiger partial charge in [-0.05, 0) is 31.0 Å². The molecule has 120 valence electrons. The molecule has 1 aromatic carbocycles. The first-order valence-electron chi connectivity index (χ1n) is 8.06. The fraction of sp³-hybridized carbons (Fsp3) is 0.438. The molecule has 1 atom stereocenters. The molecule has 7 heteroatoms. The predicted molar refractivity (Wildman–Crippen MR) is 86.6 cm³/mol. The Morgan fingerprint density at radius 3 is 2.83 bits per heavy atom. The van der Waals surface area contributed by atoms with Gasteiger partial charge in [-0.25, -0.2) is 4.98 Å². The number of hydrogen-bond donors (Lipinski definition) is 3. The molecule has 1 unspecified atom stereocenters. The van der Waals surface area contributed by atoms with E-state index in [1.165, 1.54) is 12.7 Å². The van der Waals surface area contributed by atoms with Crippen LogP contribution in [0.25, 0.3) is 22.3 Å². The summed E-state index contributed by atoms with van der Waals surface area (Å²) in [6, 6.07) is 5.96. The number of aromatic nitrogens is 5. The van der Waals surface area contributed by atoms with Crippen molar-refractivity contribution in [2.24, 2.45) is 0 Å². The first-order chi connectivity index (χ1) is 11.3. The van der Waals surface area contributed by atoms with Crippen molar-refractivity contribution in [3.8, 4) is 11.4 Å². The molecule has 4 rings (SSSR count). The van der Waals surface area contributed by atoms with E-state index >= 15 is 0 Å². The second-order valence-corrected chi connectivity index (χ2v) is 6.05. The average molecular weight is 312 g/mol.